The van der Waals surface area contributed by atoms with Gasteiger partial charge in [-0.25, -0.2) is 4.98 Å². The maximum Gasteiger partial charge on any atom is 0.0794 e. The minimum Gasteiger partial charge on any atom is -0.247 e. The number of pyridine rings is 1. The highest BCUT2D eigenvalue weighted by atomic mass is 14.7. The van der Waals surface area contributed by atoms with E-state index >= 15 is 0 Å². The first kappa shape index (κ1) is 29.0. The summed E-state index contributed by atoms with van der Waals surface area (Å²) in [5.74, 6) is 0. The molecule has 0 amide bonds. The molecule has 11 aromatic rings. The van der Waals surface area contributed by atoms with Crippen LogP contribution in [-0.4, -0.2) is 4.98 Å². The van der Waals surface area contributed by atoms with Gasteiger partial charge in [0.15, 0.2) is 0 Å². The molecule has 0 spiro atoms. The Hall–Kier alpha value is -6.83. The zero-order valence-corrected chi connectivity index (χ0v) is 28.3. The molecule has 1 aromatic heterocycles. The first-order valence-corrected chi connectivity index (χ1v) is 18.0. The number of nitrogens with zero attached hydrogens (tertiary/aromatic N) is 1. The van der Waals surface area contributed by atoms with E-state index < -0.39 is 0 Å². The lowest BCUT2D eigenvalue weighted by Crippen LogP contribution is -1.94. The van der Waals surface area contributed by atoms with Crippen LogP contribution in [0.2, 0.25) is 0 Å². The van der Waals surface area contributed by atoms with Crippen LogP contribution in [0.1, 0.15) is 0 Å². The van der Waals surface area contributed by atoms with Crippen molar-refractivity contribution < 1.29 is 0 Å². The van der Waals surface area contributed by atoms with E-state index in [1.54, 1.807) is 0 Å². The van der Waals surface area contributed by atoms with Crippen molar-refractivity contribution in [3.05, 3.63) is 188 Å². The van der Waals surface area contributed by atoms with E-state index in [0.717, 1.165) is 16.8 Å². The molecule has 1 nitrogen and oxygen atoms in total. The number of rotatable bonds is 3. The maximum atomic E-state index is 5.47. The van der Waals surface area contributed by atoms with Crippen LogP contribution in [0.25, 0.3) is 109 Å². The Morgan fingerprint density at radius 1 is 0.269 bits per heavy atom. The Morgan fingerprint density at radius 3 is 1.37 bits per heavy atom. The Morgan fingerprint density at radius 2 is 0.731 bits per heavy atom. The van der Waals surface area contributed by atoms with Crippen molar-refractivity contribution in [3.63, 3.8) is 0 Å². The predicted octanol–water partition coefficient (Wildman–Crippen LogP) is 14.2. The van der Waals surface area contributed by atoms with Crippen molar-refractivity contribution in [3.8, 4) is 33.5 Å². The lowest BCUT2D eigenvalue weighted by atomic mass is 9.85. The fraction of sp³-hybridized carbons (Fsp3) is 0. The molecule has 0 unspecified atom stereocenters. The number of fused-ring (bicyclic) bond motifs is 11. The zero-order chi connectivity index (χ0) is 34.2. The van der Waals surface area contributed by atoms with Crippen LogP contribution in [0, 0.1) is 0 Å². The Bertz CT molecular complexity index is 3190. The summed E-state index contributed by atoms with van der Waals surface area (Å²) < 4.78 is 0. The minimum absolute atomic E-state index is 1.01. The predicted molar refractivity (Wildman–Crippen MR) is 223 cm³/mol. The van der Waals surface area contributed by atoms with Gasteiger partial charge in [-0.15, -0.1) is 0 Å². The lowest BCUT2D eigenvalue weighted by molar-refractivity contribution is 1.43. The van der Waals surface area contributed by atoms with E-state index in [9.17, 15) is 0 Å². The van der Waals surface area contributed by atoms with Gasteiger partial charge < -0.3 is 0 Å². The Labute approximate surface area is 301 Å². The summed E-state index contributed by atoms with van der Waals surface area (Å²) in [6.45, 7) is 0. The maximum absolute atomic E-state index is 5.47. The molecule has 0 saturated carbocycles. The average molecular weight is 658 g/mol. The summed E-state index contributed by atoms with van der Waals surface area (Å²) in [7, 11) is 0. The molecule has 1 heterocycles. The molecule has 240 valence electrons. The molecule has 1 heteroatoms. The SMILES string of the molecule is c1cc(-c2c3ccccc3c(-c3ccc4ccccc4c3)c3ccccc23)cc(-c2nc3ccccc3c3c4ccccc4c4ccccc4c23)c1. The number of benzene rings is 10. The number of hydrogen-bond donors (Lipinski definition) is 0. The fourth-order valence-corrected chi connectivity index (χ4v) is 8.75. The summed E-state index contributed by atoms with van der Waals surface area (Å²) in [6.07, 6.45) is 0. The van der Waals surface area contributed by atoms with Gasteiger partial charge in [0, 0.05) is 21.7 Å². The summed E-state index contributed by atoms with van der Waals surface area (Å²) in [6, 6.07) is 68.6. The number of hydrogen-bond acceptors (Lipinski definition) is 1. The van der Waals surface area contributed by atoms with Crippen LogP contribution in [0.3, 0.4) is 0 Å². The smallest absolute Gasteiger partial charge is 0.0794 e. The Balaban J connectivity index is 1.22. The van der Waals surface area contributed by atoms with Crippen LogP contribution in [0.15, 0.2) is 188 Å². The van der Waals surface area contributed by atoms with Crippen molar-refractivity contribution in [2.75, 3.05) is 0 Å². The normalized spacial score (nSPS) is 11.8. The van der Waals surface area contributed by atoms with Gasteiger partial charge in [0.2, 0.25) is 0 Å². The molecular formula is C51H31N. The second kappa shape index (κ2) is 11.3. The van der Waals surface area contributed by atoms with Crippen molar-refractivity contribution in [1.82, 2.24) is 4.98 Å². The van der Waals surface area contributed by atoms with Gasteiger partial charge in [0.1, 0.15) is 0 Å². The van der Waals surface area contributed by atoms with E-state index in [-0.39, 0.29) is 0 Å². The summed E-state index contributed by atoms with van der Waals surface area (Å²) >= 11 is 0. The number of aromatic nitrogens is 1. The van der Waals surface area contributed by atoms with Crippen LogP contribution in [0.4, 0.5) is 0 Å². The quantitative estimate of drug-likeness (QED) is 0.136. The van der Waals surface area contributed by atoms with Crippen LogP contribution in [-0.2, 0) is 0 Å². The van der Waals surface area contributed by atoms with E-state index in [4.69, 9.17) is 4.98 Å². The van der Waals surface area contributed by atoms with Crippen molar-refractivity contribution in [1.29, 1.82) is 0 Å². The molecule has 0 bridgehead atoms. The van der Waals surface area contributed by atoms with Gasteiger partial charge in [0.25, 0.3) is 0 Å². The Kier molecular flexibility index (Phi) is 6.32. The third kappa shape index (κ3) is 4.26. The van der Waals surface area contributed by atoms with Gasteiger partial charge >= 0.3 is 0 Å². The second-order valence-electron chi connectivity index (χ2n) is 13.8. The van der Waals surface area contributed by atoms with E-state index in [1.807, 2.05) is 0 Å². The van der Waals surface area contributed by atoms with Crippen molar-refractivity contribution in [2.45, 2.75) is 0 Å². The first-order chi connectivity index (χ1) is 25.8. The standard InChI is InChI=1S/C51H31N/c1-2-15-33-30-35(29-28-32(33)14-1)48-43-24-9-7-22-41(43)47(42-23-8-10-25-44(42)48)34-16-13-17-36(31-34)51-50-40-21-6-4-19-38(40)37-18-3-5-20-39(37)49(50)45-26-11-12-27-46(45)52-51/h1-31H. The van der Waals surface area contributed by atoms with Gasteiger partial charge in [-0.2, -0.15) is 0 Å². The molecule has 0 fully saturated rings. The zero-order valence-electron chi connectivity index (χ0n) is 28.3. The molecule has 11 rings (SSSR count). The molecule has 0 aliphatic carbocycles. The van der Waals surface area contributed by atoms with Gasteiger partial charge in [-0.05, 0) is 94.3 Å². The summed E-state index contributed by atoms with van der Waals surface area (Å²) in [5.41, 5.74) is 8.07. The first-order valence-electron chi connectivity index (χ1n) is 18.0. The lowest BCUT2D eigenvalue weighted by Gasteiger charge is -2.19. The van der Waals surface area contributed by atoms with Crippen LogP contribution in [0.5, 0.6) is 0 Å². The largest absolute Gasteiger partial charge is 0.247 e. The molecule has 0 saturated heterocycles. The molecule has 0 aliphatic heterocycles. The average Bonchev–Trinajstić information content (AvgIpc) is 3.22. The van der Waals surface area contributed by atoms with Gasteiger partial charge in [0.05, 0.1) is 11.2 Å². The van der Waals surface area contributed by atoms with Gasteiger partial charge in [-0.3, -0.25) is 0 Å². The molecule has 10 aromatic carbocycles. The topological polar surface area (TPSA) is 12.9 Å². The second-order valence-corrected chi connectivity index (χ2v) is 13.8. The molecule has 0 N–H and O–H groups in total. The third-order valence-corrected chi connectivity index (χ3v) is 11.0. The fourth-order valence-electron chi connectivity index (χ4n) is 8.75. The summed E-state index contributed by atoms with van der Waals surface area (Å²) in [4.78, 5) is 5.47. The van der Waals surface area contributed by atoms with E-state index in [1.165, 1.54) is 92.3 Å². The van der Waals surface area contributed by atoms with Crippen molar-refractivity contribution in [2.24, 2.45) is 0 Å². The molecule has 0 atom stereocenters. The van der Waals surface area contributed by atoms with E-state index in [2.05, 4.69) is 188 Å². The highest BCUT2D eigenvalue weighted by molar-refractivity contribution is 6.33. The van der Waals surface area contributed by atoms with Crippen LogP contribution >= 0.6 is 0 Å². The van der Waals surface area contributed by atoms with Gasteiger partial charge in [-0.1, -0.05) is 170 Å². The van der Waals surface area contributed by atoms with Crippen LogP contribution < -0.4 is 0 Å². The third-order valence-electron chi connectivity index (χ3n) is 11.0. The van der Waals surface area contributed by atoms with E-state index in [0.29, 0.717) is 0 Å². The minimum atomic E-state index is 1.01. The van der Waals surface area contributed by atoms with Crippen molar-refractivity contribution >= 4 is 75.5 Å². The molecule has 0 aliphatic rings. The monoisotopic (exact) mass is 657 g/mol. The summed E-state index contributed by atoms with van der Waals surface area (Å²) in [5, 5.41) is 16.1. The number of para-hydroxylation sites is 1. The molecular weight excluding hydrogens is 627 g/mol. The molecule has 52 heavy (non-hydrogen) atoms. The highest BCUT2D eigenvalue weighted by Gasteiger charge is 2.20. The highest BCUT2D eigenvalue weighted by Crippen LogP contribution is 2.46. The molecule has 0 radical (unpaired) electrons.